The lowest BCUT2D eigenvalue weighted by atomic mass is 10.1. The summed E-state index contributed by atoms with van der Waals surface area (Å²) in [7, 11) is 3.98. The Labute approximate surface area is 140 Å². The molecule has 0 fully saturated rings. The number of hydrogen-bond donors (Lipinski definition) is 1. The molecule has 3 rings (SSSR count). The minimum absolute atomic E-state index is 0.200. The van der Waals surface area contributed by atoms with Crippen molar-refractivity contribution in [1.82, 2.24) is 10.1 Å². The maximum absolute atomic E-state index is 12.7. The quantitative estimate of drug-likeness (QED) is 0.799. The van der Waals surface area contributed by atoms with Crippen LogP contribution in [0.2, 0.25) is 0 Å². The first-order chi connectivity index (χ1) is 11.4. The molecule has 0 saturated carbocycles. The van der Waals surface area contributed by atoms with Crippen LogP contribution in [0, 0.1) is 20.8 Å². The molecule has 0 unspecified atom stereocenters. The van der Waals surface area contributed by atoms with E-state index < -0.39 is 0 Å². The number of amides is 1. The SMILES string of the molecule is Cc1cc(C(=O)Nc2ccc(N(C)C)c(C)c2)c2c(C)noc2n1. The van der Waals surface area contributed by atoms with Gasteiger partial charge in [0.25, 0.3) is 11.6 Å². The summed E-state index contributed by atoms with van der Waals surface area (Å²) in [6.45, 7) is 5.64. The summed E-state index contributed by atoms with van der Waals surface area (Å²) in [5.41, 5.74) is 5.23. The topological polar surface area (TPSA) is 71.3 Å². The highest BCUT2D eigenvalue weighted by molar-refractivity contribution is 6.12. The Bertz CT molecular complexity index is 928. The third-order valence-electron chi connectivity index (χ3n) is 3.93. The van der Waals surface area contributed by atoms with E-state index in [4.69, 9.17) is 4.52 Å². The largest absolute Gasteiger partial charge is 0.377 e. The molecular weight excluding hydrogens is 304 g/mol. The smallest absolute Gasteiger partial charge is 0.258 e. The monoisotopic (exact) mass is 324 g/mol. The summed E-state index contributed by atoms with van der Waals surface area (Å²) in [6.07, 6.45) is 0. The molecule has 0 bridgehead atoms. The highest BCUT2D eigenvalue weighted by atomic mass is 16.5. The summed E-state index contributed by atoms with van der Waals surface area (Å²) in [4.78, 5) is 19.1. The molecule has 6 nitrogen and oxygen atoms in total. The van der Waals surface area contributed by atoms with Crippen LogP contribution in [0.1, 0.15) is 27.3 Å². The van der Waals surface area contributed by atoms with E-state index in [1.165, 1.54) is 0 Å². The lowest BCUT2D eigenvalue weighted by Gasteiger charge is -2.16. The maximum Gasteiger partial charge on any atom is 0.258 e. The first kappa shape index (κ1) is 16.0. The average molecular weight is 324 g/mol. The molecule has 6 heteroatoms. The lowest BCUT2D eigenvalue weighted by Crippen LogP contribution is -2.14. The van der Waals surface area contributed by atoms with Crippen LogP contribution in [-0.2, 0) is 0 Å². The highest BCUT2D eigenvalue weighted by Crippen LogP contribution is 2.25. The van der Waals surface area contributed by atoms with Gasteiger partial charge in [0.05, 0.1) is 16.6 Å². The molecule has 1 amide bonds. The molecular formula is C18H20N4O2. The van der Waals surface area contributed by atoms with E-state index in [9.17, 15) is 4.79 Å². The molecule has 0 atom stereocenters. The number of aryl methyl sites for hydroxylation is 3. The van der Waals surface area contributed by atoms with Crippen LogP contribution in [0.3, 0.4) is 0 Å². The second-order valence-electron chi connectivity index (χ2n) is 6.11. The van der Waals surface area contributed by atoms with Crippen molar-refractivity contribution in [3.8, 4) is 0 Å². The van der Waals surface area contributed by atoms with Gasteiger partial charge < -0.3 is 14.7 Å². The van der Waals surface area contributed by atoms with Crippen LogP contribution in [-0.4, -0.2) is 30.1 Å². The van der Waals surface area contributed by atoms with Crippen molar-refractivity contribution >= 4 is 28.4 Å². The van der Waals surface area contributed by atoms with Crippen molar-refractivity contribution < 1.29 is 9.32 Å². The number of nitrogens with zero attached hydrogens (tertiary/aromatic N) is 3. The van der Waals surface area contributed by atoms with E-state index in [1.807, 2.05) is 51.0 Å². The number of carbonyl (C=O) groups excluding carboxylic acids is 1. The van der Waals surface area contributed by atoms with E-state index >= 15 is 0 Å². The Hall–Kier alpha value is -2.89. The fraction of sp³-hybridized carbons (Fsp3) is 0.278. The number of pyridine rings is 1. The van der Waals surface area contributed by atoms with Gasteiger partial charge in [0.15, 0.2) is 0 Å². The van der Waals surface area contributed by atoms with Crippen LogP contribution in [0.15, 0.2) is 28.8 Å². The summed E-state index contributed by atoms with van der Waals surface area (Å²) in [5, 5.41) is 7.51. The number of benzene rings is 1. The molecule has 0 spiro atoms. The van der Waals surface area contributed by atoms with Crippen LogP contribution >= 0.6 is 0 Å². The van der Waals surface area contributed by atoms with Gasteiger partial charge in [-0.05, 0) is 50.6 Å². The van der Waals surface area contributed by atoms with Gasteiger partial charge in [0.1, 0.15) is 0 Å². The van der Waals surface area contributed by atoms with E-state index in [2.05, 4.69) is 15.5 Å². The summed E-state index contributed by atoms with van der Waals surface area (Å²) < 4.78 is 5.19. The van der Waals surface area contributed by atoms with Gasteiger partial charge in [0, 0.05) is 31.2 Å². The standard InChI is InChI=1S/C18H20N4O2/c1-10-8-13(6-7-15(10)22(4)5)20-17(23)14-9-11(2)19-18-16(14)12(3)21-24-18/h6-9H,1-5H3,(H,20,23). The predicted octanol–water partition coefficient (Wildman–Crippen LogP) is 3.47. The van der Waals surface area contributed by atoms with Crippen LogP contribution < -0.4 is 10.2 Å². The number of rotatable bonds is 3. The minimum atomic E-state index is -0.200. The van der Waals surface area contributed by atoms with Gasteiger partial charge in [-0.15, -0.1) is 0 Å². The van der Waals surface area contributed by atoms with E-state index in [1.54, 1.807) is 13.0 Å². The normalized spacial score (nSPS) is 10.9. The molecule has 2 aromatic heterocycles. The van der Waals surface area contributed by atoms with Gasteiger partial charge in [-0.25, -0.2) is 4.98 Å². The Kier molecular flexibility index (Phi) is 3.97. The molecule has 0 aliphatic carbocycles. The molecule has 2 heterocycles. The number of anilines is 2. The summed E-state index contributed by atoms with van der Waals surface area (Å²) in [6, 6.07) is 7.59. The van der Waals surface area contributed by atoms with Crippen molar-refractivity contribution in [3.63, 3.8) is 0 Å². The van der Waals surface area contributed by atoms with Crippen LogP contribution in [0.4, 0.5) is 11.4 Å². The molecule has 3 aromatic rings. The zero-order valence-electron chi connectivity index (χ0n) is 14.5. The third kappa shape index (κ3) is 2.82. The van der Waals surface area contributed by atoms with Gasteiger partial charge in [-0.1, -0.05) is 5.16 Å². The molecule has 124 valence electrons. The average Bonchev–Trinajstić information content (AvgIpc) is 2.87. The van der Waals surface area contributed by atoms with Gasteiger partial charge in [-0.3, -0.25) is 4.79 Å². The molecule has 0 radical (unpaired) electrons. The Morgan fingerprint density at radius 1 is 1.17 bits per heavy atom. The van der Waals surface area contributed by atoms with Crippen molar-refractivity contribution in [2.24, 2.45) is 0 Å². The first-order valence-corrected chi connectivity index (χ1v) is 7.70. The zero-order valence-corrected chi connectivity index (χ0v) is 14.5. The number of aromatic nitrogens is 2. The van der Waals surface area contributed by atoms with Crippen molar-refractivity contribution in [2.75, 3.05) is 24.3 Å². The lowest BCUT2D eigenvalue weighted by molar-refractivity contribution is 0.102. The Morgan fingerprint density at radius 2 is 1.92 bits per heavy atom. The number of hydrogen-bond acceptors (Lipinski definition) is 5. The van der Waals surface area contributed by atoms with Gasteiger partial charge in [0.2, 0.25) is 0 Å². The second kappa shape index (κ2) is 5.96. The van der Waals surface area contributed by atoms with Gasteiger partial charge >= 0.3 is 0 Å². The second-order valence-corrected chi connectivity index (χ2v) is 6.11. The number of fused-ring (bicyclic) bond motifs is 1. The molecule has 1 aromatic carbocycles. The molecule has 1 N–H and O–H groups in total. The number of carbonyl (C=O) groups is 1. The third-order valence-corrected chi connectivity index (χ3v) is 3.93. The van der Waals surface area contributed by atoms with E-state index in [0.717, 1.165) is 16.9 Å². The van der Waals surface area contributed by atoms with Crippen LogP contribution in [0.25, 0.3) is 11.1 Å². The molecule has 0 aliphatic rings. The molecule has 24 heavy (non-hydrogen) atoms. The van der Waals surface area contributed by atoms with Crippen molar-refractivity contribution in [2.45, 2.75) is 20.8 Å². The Morgan fingerprint density at radius 3 is 2.58 bits per heavy atom. The zero-order chi connectivity index (χ0) is 17.4. The van der Waals surface area contributed by atoms with Crippen molar-refractivity contribution in [3.05, 3.63) is 46.8 Å². The predicted molar refractivity (Wildman–Crippen MR) is 94.7 cm³/mol. The fourth-order valence-corrected chi connectivity index (χ4v) is 2.83. The molecule has 0 aliphatic heterocycles. The Balaban J connectivity index is 1.96. The summed E-state index contributed by atoms with van der Waals surface area (Å²) >= 11 is 0. The van der Waals surface area contributed by atoms with E-state index in [0.29, 0.717) is 28.1 Å². The van der Waals surface area contributed by atoms with E-state index in [-0.39, 0.29) is 5.91 Å². The molecule has 0 saturated heterocycles. The van der Waals surface area contributed by atoms with Gasteiger partial charge in [-0.2, -0.15) is 0 Å². The first-order valence-electron chi connectivity index (χ1n) is 7.70. The summed E-state index contributed by atoms with van der Waals surface area (Å²) in [5.74, 6) is -0.200. The maximum atomic E-state index is 12.7. The number of nitrogens with one attached hydrogen (secondary N) is 1. The fourth-order valence-electron chi connectivity index (χ4n) is 2.83. The highest BCUT2D eigenvalue weighted by Gasteiger charge is 2.18. The van der Waals surface area contributed by atoms with Crippen molar-refractivity contribution in [1.29, 1.82) is 0 Å². The minimum Gasteiger partial charge on any atom is -0.377 e. The van der Waals surface area contributed by atoms with Crippen LogP contribution in [0.5, 0.6) is 0 Å².